The van der Waals surface area contributed by atoms with E-state index in [1.807, 2.05) is 0 Å². The van der Waals surface area contributed by atoms with Gasteiger partial charge in [0.15, 0.2) is 0 Å². The van der Waals surface area contributed by atoms with Crippen molar-refractivity contribution in [3.63, 3.8) is 0 Å². The Labute approximate surface area is 163 Å². The van der Waals surface area contributed by atoms with Crippen molar-refractivity contribution < 1.29 is 14.3 Å². The monoisotopic (exact) mass is 395 g/mol. The van der Waals surface area contributed by atoms with Gasteiger partial charge in [-0.05, 0) is 33.6 Å². The molecule has 1 aliphatic carbocycles. The summed E-state index contributed by atoms with van der Waals surface area (Å²) in [6.45, 7) is 5.28. The first kappa shape index (κ1) is 21.5. The van der Waals surface area contributed by atoms with Gasteiger partial charge in [0, 0.05) is 20.1 Å². The molecule has 1 aliphatic rings. The summed E-state index contributed by atoms with van der Waals surface area (Å²) in [4.78, 5) is 49.2. The predicted octanol–water partition coefficient (Wildman–Crippen LogP) is 0.688. The molecule has 1 aromatic rings. The molecule has 2 atom stereocenters. The lowest BCUT2D eigenvalue weighted by molar-refractivity contribution is -0.121. The second-order valence-electron chi connectivity index (χ2n) is 8.10. The molecule has 0 unspecified atom stereocenters. The third-order valence-corrected chi connectivity index (χ3v) is 4.76. The van der Waals surface area contributed by atoms with Gasteiger partial charge in [0.2, 0.25) is 5.91 Å². The smallest absolute Gasteiger partial charge is 0.407 e. The van der Waals surface area contributed by atoms with E-state index in [-0.39, 0.29) is 11.5 Å². The summed E-state index contributed by atoms with van der Waals surface area (Å²) in [5.41, 5.74) is 3.81. The lowest BCUT2D eigenvalue weighted by Crippen LogP contribution is -2.49. The first-order chi connectivity index (χ1) is 12.9. The third kappa shape index (κ3) is 4.73. The Hall–Kier alpha value is -2.78. The Bertz CT molecular complexity index is 880. The van der Waals surface area contributed by atoms with Gasteiger partial charge < -0.3 is 21.1 Å². The summed E-state index contributed by atoms with van der Waals surface area (Å²) in [7, 11) is 2.73. The highest BCUT2D eigenvalue weighted by atomic mass is 16.6. The van der Waals surface area contributed by atoms with Crippen LogP contribution in [-0.4, -0.2) is 32.8 Å². The predicted molar refractivity (Wildman–Crippen MR) is 105 cm³/mol. The Morgan fingerprint density at radius 1 is 1.11 bits per heavy atom. The zero-order valence-corrected chi connectivity index (χ0v) is 17.0. The van der Waals surface area contributed by atoms with Gasteiger partial charge in [0.05, 0.1) is 5.92 Å². The van der Waals surface area contributed by atoms with E-state index >= 15 is 0 Å². The molecule has 0 aliphatic heterocycles. The number of aromatic nitrogens is 2. The van der Waals surface area contributed by atoms with E-state index in [0.29, 0.717) is 12.8 Å². The van der Waals surface area contributed by atoms with Crippen LogP contribution in [0, 0.1) is 5.92 Å². The van der Waals surface area contributed by atoms with Crippen LogP contribution in [-0.2, 0) is 23.6 Å². The Morgan fingerprint density at radius 3 is 2.32 bits per heavy atom. The minimum Gasteiger partial charge on any atom is -0.444 e. The first-order valence-electron chi connectivity index (χ1n) is 9.28. The van der Waals surface area contributed by atoms with Crippen molar-refractivity contribution in [1.29, 1.82) is 0 Å². The third-order valence-electron chi connectivity index (χ3n) is 4.76. The fourth-order valence-electron chi connectivity index (χ4n) is 3.27. The minimum atomic E-state index is -0.679. The number of hydrogen-bond donors (Lipinski definition) is 3. The molecule has 10 nitrogen and oxygen atoms in total. The van der Waals surface area contributed by atoms with Gasteiger partial charge in [0.1, 0.15) is 17.1 Å². The first-order valence-corrected chi connectivity index (χ1v) is 9.28. The second kappa shape index (κ2) is 8.07. The summed E-state index contributed by atoms with van der Waals surface area (Å²) >= 11 is 0. The molecule has 1 saturated carbocycles. The average Bonchev–Trinajstić information content (AvgIpc) is 2.60. The van der Waals surface area contributed by atoms with Crippen LogP contribution in [0.1, 0.15) is 46.5 Å². The second-order valence-corrected chi connectivity index (χ2v) is 8.10. The lowest BCUT2D eigenvalue weighted by Gasteiger charge is -2.32. The van der Waals surface area contributed by atoms with E-state index in [0.717, 1.165) is 22.0 Å². The van der Waals surface area contributed by atoms with Gasteiger partial charge in [-0.3, -0.25) is 18.7 Å². The molecule has 156 valence electrons. The number of hydrogen-bond acceptors (Lipinski definition) is 6. The molecule has 1 fully saturated rings. The van der Waals surface area contributed by atoms with Crippen LogP contribution >= 0.6 is 0 Å². The average molecular weight is 395 g/mol. The molecular weight excluding hydrogens is 366 g/mol. The number of ether oxygens (including phenoxy) is 1. The highest BCUT2D eigenvalue weighted by Gasteiger charge is 2.34. The van der Waals surface area contributed by atoms with Gasteiger partial charge in [0.25, 0.3) is 5.56 Å². The number of rotatable bonds is 3. The highest BCUT2D eigenvalue weighted by Crippen LogP contribution is 2.26. The van der Waals surface area contributed by atoms with Gasteiger partial charge in [-0.25, -0.2) is 9.59 Å². The molecule has 0 radical (unpaired) electrons. The summed E-state index contributed by atoms with van der Waals surface area (Å²) in [6.07, 6.45) is 2.28. The summed E-state index contributed by atoms with van der Waals surface area (Å²) in [5.74, 6) is -1.08. The van der Waals surface area contributed by atoms with Crippen LogP contribution < -0.4 is 27.6 Å². The summed E-state index contributed by atoms with van der Waals surface area (Å²) in [6, 6.07) is -0.416. The number of carbonyl (C=O) groups excluding carboxylic acids is 2. The molecule has 10 heteroatoms. The molecule has 2 rings (SSSR count). The highest BCUT2D eigenvalue weighted by molar-refractivity contribution is 5.95. The van der Waals surface area contributed by atoms with Crippen molar-refractivity contribution in [2.45, 2.75) is 58.1 Å². The van der Waals surface area contributed by atoms with Crippen LogP contribution in [0.25, 0.3) is 0 Å². The van der Waals surface area contributed by atoms with E-state index < -0.39 is 40.8 Å². The topological polar surface area (TPSA) is 137 Å². The van der Waals surface area contributed by atoms with Crippen molar-refractivity contribution >= 4 is 23.5 Å². The molecule has 1 aromatic heterocycles. The number of nitrogens with one attached hydrogen (secondary N) is 2. The minimum absolute atomic E-state index is 0.117. The number of alkyl carbamates (subject to hydrolysis) is 1. The molecule has 0 saturated heterocycles. The molecule has 4 N–H and O–H groups in total. The van der Waals surface area contributed by atoms with Gasteiger partial charge >= 0.3 is 11.8 Å². The number of amides is 2. The molecule has 1 heterocycles. The van der Waals surface area contributed by atoms with Crippen LogP contribution in [0.3, 0.4) is 0 Å². The van der Waals surface area contributed by atoms with Gasteiger partial charge in [-0.1, -0.05) is 12.8 Å². The van der Waals surface area contributed by atoms with E-state index in [1.54, 1.807) is 20.8 Å². The fraction of sp³-hybridized carbons (Fsp3) is 0.667. The molecule has 2 amide bonds. The number of anilines is 2. The van der Waals surface area contributed by atoms with Crippen molar-refractivity contribution in [2.24, 2.45) is 20.0 Å². The van der Waals surface area contributed by atoms with E-state index in [2.05, 4.69) is 10.6 Å². The molecule has 28 heavy (non-hydrogen) atoms. The number of carbonyl (C=O) groups is 2. The van der Waals surface area contributed by atoms with Crippen molar-refractivity contribution in [3.8, 4) is 0 Å². The van der Waals surface area contributed by atoms with Crippen molar-refractivity contribution in [3.05, 3.63) is 20.8 Å². The van der Waals surface area contributed by atoms with E-state index in [4.69, 9.17) is 10.5 Å². The van der Waals surface area contributed by atoms with Crippen LogP contribution in [0.15, 0.2) is 9.59 Å². The SMILES string of the molecule is Cn1c(N)c(NC(=O)[C@@H]2CCCC[C@H]2NC(=O)OC(C)(C)C)c(=O)n(C)c1=O. The maximum atomic E-state index is 12.9. The van der Waals surface area contributed by atoms with Crippen molar-refractivity contribution in [1.82, 2.24) is 14.5 Å². The summed E-state index contributed by atoms with van der Waals surface area (Å²) < 4.78 is 7.25. The van der Waals surface area contributed by atoms with Crippen LogP contribution in [0.2, 0.25) is 0 Å². The molecule has 0 spiro atoms. The molecular formula is C18H29N5O5. The van der Waals surface area contributed by atoms with Gasteiger partial charge in [-0.2, -0.15) is 0 Å². The lowest BCUT2D eigenvalue weighted by atomic mass is 9.84. The molecule has 0 bridgehead atoms. The number of nitrogens with two attached hydrogens (primary N) is 1. The van der Waals surface area contributed by atoms with Crippen LogP contribution in [0.4, 0.5) is 16.3 Å². The zero-order chi connectivity index (χ0) is 21.2. The largest absolute Gasteiger partial charge is 0.444 e. The van der Waals surface area contributed by atoms with E-state index in [9.17, 15) is 19.2 Å². The normalized spacial score (nSPS) is 19.8. The maximum Gasteiger partial charge on any atom is 0.407 e. The van der Waals surface area contributed by atoms with Crippen molar-refractivity contribution in [2.75, 3.05) is 11.1 Å². The fourth-order valence-corrected chi connectivity index (χ4v) is 3.27. The molecule has 0 aromatic carbocycles. The maximum absolute atomic E-state index is 12.9. The van der Waals surface area contributed by atoms with Gasteiger partial charge in [-0.15, -0.1) is 0 Å². The van der Waals surface area contributed by atoms with E-state index in [1.165, 1.54) is 14.1 Å². The number of nitrogen functional groups attached to an aromatic ring is 1. The number of nitrogens with zero attached hydrogens (tertiary/aromatic N) is 2. The quantitative estimate of drug-likeness (QED) is 0.688. The Balaban J connectivity index is 2.21. The zero-order valence-electron chi connectivity index (χ0n) is 17.0. The Morgan fingerprint density at radius 2 is 1.71 bits per heavy atom. The van der Waals surface area contributed by atoms with Crippen LogP contribution in [0.5, 0.6) is 0 Å². The standard InChI is InChI=1S/C18H29N5O5/c1-18(2,3)28-16(26)20-11-9-7-6-8-10(11)14(24)21-12-13(19)22(4)17(27)23(5)15(12)25/h10-11H,6-9,19H2,1-5H3,(H,20,26)(H,21,24)/t10-,11-/m1/s1. The Kier molecular flexibility index (Phi) is 6.20. The summed E-state index contributed by atoms with van der Waals surface area (Å²) in [5, 5.41) is 5.32.